The van der Waals surface area contributed by atoms with Crippen molar-refractivity contribution in [3.8, 4) is 0 Å². The van der Waals surface area contributed by atoms with Crippen molar-refractivity contribution in [2.75, 3.05) is 20.1 Å². The molecule has 1 fully saturated rings. The molecule has 3 N–H and O–H groups in total. The molecule has 0 aromatic rings. The first-order valence-electron chi connectivity index (χ1n) is 5.85. The van der Waals surface area contributed by atoms with Gasteiger partial charge in [-0.3, -0.25) is 4.79 Å². The molecule has 1 heterocycles. The second kappa shape index (κ2) is 6.08. The molecule has 15 heavy (non-hydrogen) atoms. The lowest BCUT2D eigenvalue weighted by atomic mass is 10.1. The Balaban J connectivity index is 2.24. The molecule has 1 amide bonds. The van der Waals surface area contributed by atoms with Gasteiger partial charge >= 0.3 is 0 Å². The number of amides is 1. The van der Waals surface area contributed by atoms with Gasteiger partial charge in [-0.15, -0.1) is 0 Å². The van der Waals surface area contributed by atoms with Crippen LogP contribution in [0, 0.1) is 0 Å². The monoisotopic (exact) mass is 213 g/mol. The van der Waals surface area contributed by atoms with Crippen LogP contribution in [0.2, 0.25) is 0 Å². The summed E-state index contributed by atoms with van der Waals surface area (Å²) < 4.78 is 0. The summed E-state index contributed by atoms with van der Waals surface area (Å²) in [6, 6.07) is 0.326. The van der Waals surface area contributed by atoms with Crippen molar-refractivity contribution in [2.45, 2.75) is 44.7 Å². The zero-order valence-electron chi connectivity index (χ0n) is 9.83. The molecule has 1 rings (SSSR count). The van der Waals surface area contributed by atoms with Gasteiger partial charge < -0.3 is 16.0 Å². The number of hydrogen-bond donors (Lipinski definition) is 2. The predicted octanol–water partition coefficient (Wildman–Crippen LogP) is 0.324. The van der Waals surface area contributed by atoms with Gasteiger partial charge in [-0.2, -0.15) is 0 Å². The van der Waals surface area contributed by atoms with Crippen LogP contribution < -0.4 is 11.1 Å². The molecule has 0 saturated carbocycles. The number of nitrogens with zero attached hydrogens (tertiary/aromatic N) is 1. The zero-order valence-corrected chi connectivity index (χ0v) is 9.83. The topological polar surface area (TPSA) is 58.4 Å². The van der Waals surface area contributed by atoms with Crippen molar-refractivity contribution >= 4 is 5.91 Å². The van der Waals surface area contributed by atoms with Crippen LogP contribution in [-0.4, -0.2) is 43.0 Å². The van der Waals surface area contributed by atoms with Gasteiger partial charge in [0.15, 0.2) is 0 Å². The van der Waals surface area contributed by atoms with Crippen LogP contribution >= 0.6 is 0 Å². The first kappa shape index (κ1) is 12.5. The molecule has 2 atom stereocenters. The highest BCUT2D eigenvalue weighted by Crippen LogP contribution is 2.08. The highest BCUT2D eigenvalue weighted by Gasteiger charge is 2.19. The summed E-state index contributed by atoms with van der Waals surface area (Å²) in [5, 5.41) is 3.05. The van der Waals surface area contributed by atoms with Gasteiger partial charge in [-0.1, -0.05) is 6.92 Å². The van der Waals surface area contributed by atoms with E-state index in [-0.39, 0.29) is 11.9 Å². The van der Waals surface area contributed by atoms with Gasteiger partial charge in [0, 0.05) is 25.0 Å². The summed E-state index contributed by atoms with van der Waals surface area (Å²) in [5.74, 6) is 0.102. The van der Waals surface area contributed by atoms with Crippen molar-refractivity contribution in [1.82, 2.24) is 10.2 Å². The zero-order chi connectivity index (χ0) is 11.3. The average Bonchev–Trinajstić information content (AvgIpc) is 2.17. The Morgan fingerprint density at radius 3 is 3.00 bits per heavy atom. The molecular formula is C11H23N3O. The van der Waals surface area contributed by atoms with E-state index in [4.69, 9.17) is 5.73 Å². The Labute approximate surface area is 92.2 Å². The molecule has 1 aliphatic rings. The van der Waals surface area contributed by atoms with Crippen molar-refractivity contribution in [1.29, 1.82) is 0 Å². The van der Waals surface area contributed by atoms with Crippen LogP contribution in [0.25, 0.3) is 0 Å². The lowest BCUT2D eigenvalue weighted by Gasteiger charge is -2.30. The van der Waals surface area contributed by atoms with Crippen LogP contribution in [0.5, 0.6) is 0 Å². The lowest BCUT2D eigenvalue weighted by molar-refractivity contribution is -0.122. The van der Waals surface area contributed by atoms with E-state index in [0.717, 1.165) is 25.9 Å². The standard InChI is InChI=1S/C11H23N3O/c1-3-9(12)7-11(15)13-10-5-4-6-14(2)8-10/h9-10H,3-8,12H2,1-2H3,(H,13,15). The Morgan fingerprint density at radius 2 is 2.40 bits per heavy atom. The van der Waals surface area contributed by atoms with E-state index in [9.17, 15) is 4.79 Å². The maximum Gasteiger partial charge on any atom is 0.221 e. The first-order valence-corrected chi connectivity index (χ1v) is 5.85. The van der Waals surface area contributed by atoms with E-state index in [1.54, 1.807) is 0 Å². The van der Waals surface area contributed by atoms with E-state index in [1.165, 1.54) is 6.42 Å². The van der Waals surface area contributed by atoms with Gasteiger partial charge in [-0.05, 0) is 32.9 Å². The smallest absolute Gasteiger partial charge is 0.221 e. The summed E-state index contributed by atoms with van der Waals surface area (Å²) in [6.07, 6.45) is 3.58. The molecule has 2 unspecified atom stereocenters. The normalized spacial score (nSPS) is 24.9. The molecule has 0 bridgehead atoms. The molecule has 4 nitrogen and oxygen atoms in total. The third-order valence-electron chi connectivity index (χ3n) is 2.96. The van der Waals surface area contributed by atoms with Crippen LogP contribution in [-0.2, 0) is 4.79 Å². The fourth-order valence-electron chi connectivity index (χ4n) is 1.95. The maximum atomic E-state index is 11.6. The fourth-order valence-corrected chi connectivity index (χ4v) is 1.95. The molecule has 0 aromatic heterocycles. The van der Waals surface area contributed by atoms with Crippen molar-refractivity contribution in [2.24, 2.45) is 5.73 Å². The maximum absolute atomic E-state index is 11.6. The van der Waals surface area contributed by atoms with Crippen molar-refractivity contribution in [3.63, 3.8) is 0 Å². The van der Waals surface area contributed by atoms with Gasteiger partial charge in [0.25, 0.3) is 0 Å². The lowest BCUT2D eigenvalue weighted by Crippen LogP contribution is -2.47. The number of nitrogens with two attached hydrogens (primary N) is 1. The fraction of sp³-hybridized carbons (Fsp3) is 0.909. The second-order valence-electron chi connectivity index (χ2n) is 4.54. The molecular weight excluding hydrogens is 190 g/mol. The molecule has 0 radical (unpaired) electrons. The minimum Gasteiger partial charge on any atom is -0.352 e. The Bertz CT molecular complexity index is 208. The van der Waals surface area contributed by atoms with E-state index in [2.05, 4.69) is 17.3 Å². The highest BCUT2D eigenvalue weighted by atomic mass is 16.1. The predicted molar refractivity (Wildman–Crippen MR) is 61.5 cm³/mol. The highest BCUT2D eigenvalue weighted by molar-refractivity contribution is 5.76. The van der Waals surface area contributed by atoms with Gasteiger partial charge in [0.05, 0.1) is 0 Å². The van der Waals surface area contributed by atoms with Gasteiger partial charge in [0.2, 0.25) is 5.91 Å². The summed E-state index contributed by atoms with van der Waals surface area (Å²) in [4.78, 5) is 13.8. The van der Waals surface area contributed by atoms with E-state index in [1.807, 2.05) is 6.92 Å². The van der Waals surface area contributed by atoms with E-state index in [0.29, 0.717) is 12.5 Å². The van der Waals surface area contributed by atoms with E-state index < -0.39 is 0 Å². The number of nitrogens with one attached hydrogen (secondary N) is 1. The first-order chi connectivity index (χ1) is 7.11. The van der Waals surface area contributed by atoms with Crippen molar-refractivity contribution < 1.29 is 4.79 Å². The molecule has 0 spiro atoms. The second-order valence-corrected chi connectivity index (χ2v) is 4.54. The molecule has 88 valence electrons. The Kier molecular flexibility index (Phi) is 5.05. The number of carbonyl (C=O) groups excluding carboxylic acids is 1. The number of rotatable bonds is 4. The van der Waals surface area contributed by atoms with Crippen LogP contribution in [0.4, 0.5) is 0 Å². The molecule has 0 aromatic carbocycles. The minimum absolute atomic E-state index is 0.00585. The number of likely N-dealkylation sites (tertiary alicyclic amines) is 1. The van der Waals surface area contributed by atoms with Crippen LogP contribution in [0.1, 0.15) is 32.6 Å². The Morgan fingerprint density at radius 1 is 1.67 bits per heavy atom. The van der Waals surface area contributed by atoms with E-state index >= 15 is 0 Å². The van der Waals surface area contributed by atoms with Crippen molar-refractivity contribution in [3.05, 3.63) is 0 Å². The molecule has 0 aliphatic carbocycles. The third kappa shape index (κ3) is 4.62. The largest absolute Gasteiger partial charge is 0.352 e. The summed E-state index contributed by atoms with van der Waals surface area (Å²) in [5.41, 5.74) is 5.74. The summed E-state index contributed by atoms with van der Waals surface area (Å²) in [6.45, 7) is 4.11. The van der Waals surface area contributed by atoms with Gasteiger partial charge in [-0.25, -0.2) is 0 Å². The van der Waals surface area contributed by atoms with Crippen LogP contribution in [0.3, 0.4) is 0 Å². The quantitative estimate of drug-likeness (QED) is 0.707. The Hall–Kier alpha value is -0.610. The number of hydrogen-bond acceptors (Lipinski definition) is 3. The molecule has 1 aliphatic heterocycles. The third-order valence-corrected chi connectivity index (χ3v) is 2.96. The van der Waals surface area contributed by atoms with Gasteiger partial charge in [0.1, 0.15) is 0 Å². The summed E-state index contributed by atoms with van der Waals surface area (Å²) >= 11 is 0. The number of carbonyl (C=O) groups is 1. The molecule has 1 saturated heterocycles. The number of likely N-dealkylation sites (N-methyl/N-ethyl adjacent to an activating group) is 1. The number of piperidine rings is 1. The SMILES string of the molecule is CCC(N)CC(=O)NC1CCCN(C)C1. The minimum atomic E-state index is 0.00585. The van der Waals surface area contributed by atoms with Crippen LogP contribution in [0.15, 0.2) is 0 Å². The average molecular weight is 213 g/mol. The molecule has 4 heteroatoms. The summed E-state index contributed by atoms with van der Waals surface area (Å²) in [7, 11) is 2.09.